The number of hydrogen-bond donors (Lipinski definition) is 1. The fourth-order valence-electron chi connectivity index (χ4n) is 2.54. The summed E-state index contributed by atoms with van der Waals surface area (Å²) in [4.78, 5) is 21.8. The molecule has 0 spiro atoms. The monoisotopic (exact) mass is 273 g/mol. The van der Waals surface area contributed by atoms with E-state index in [2.05, 4.69) is 14.9 Å². The third kappa shape index (κ3) is 2.13. The number of carboxylic acids is 1. The molecule has 2 aromatic heterocycles. The molecule has 104 valence electrons. The van der Waals surface area contributed by atoms with Gasteiger partial charge in [0, 0.05) is 25.4 Å². The number of fused-ring (bicyclic) bond motifs is 1. The maximum Gasteiger partial charge on any atom is 0.308 e. The van der Waals surface area contributed by atoms with Gasteiger partial charge in [0.25, 0.3) is 0 Å². The first-order valence-corrected chi connectivity index (χ1v) is 6.46. The zero-order valence-corrected chi connectivity index (χ0v) is 11.1. The molecule has 6 heteroatoms. The predicted molar refractivity (Wildman–Crippen MR) is 74.0 cm³/mol. The fraction of sp³-hybridized carbons (Fsp3) is 0.357. The van der Waals surface area contributed by atoms with Gasteiger partial charge >= 0.3 is 5.97 Å². The third-order valence-corrected chi connectivity index (χ3v) is 3.62. The Hall–Kier alpha value is -2.37. The van der Waals surface area contributed by atoms with E-state index in [0.717, 1.165) is 23.3 Å². The number of aromatic nitrogens is 2. The molecule has 0 radical (unpaired) electrons. The lowest BCUT2D eigenvalue weighted by atomic mass is 10.1. The molecule has 0 amide bonds. The van der Waals surface area contributed by atoms with Gasteiger partial charge in [0.15, 0.2) is 0 Å². The number of pyridine rings is 2. The number of hydrogen-bond acceptors (Lipinski definition) is 5. The van der Waals surface area contributed by atoms with Crippen molar-refractivity contribution in [2.24, 2.45) is 5.92 Å². The van der Waals surface area contributed by atoms with Crippen LogP contribution >= 0.6 is 0 Å². The van der Waals surface area contributed by atoms with Gasteiger partial charge in [-0.05, 0) is 18.6 Å². The summed E-state index contributed by atoms with van der Waals surface area (Å²) in [5.74, 6) is -0.527. The van der Waals surface area contributed by atoms with Gasteiger partial charge in [0.05, 0.1) is 24.2 Å². The maximum atomic E-state index is 11.1. The quantitative estimate of drug-likeness (QED) is 0.914. The van der Waals surface area contributed by atoms with Crippen LogP contribution in [0, 0.1) is 5.92 Å². The molecular weight excluding hydrogens is 258 g/mol. The number of anilines is 1. The van der Waals surface area contributed by atoms with Crippen molar-refractivity contribution in [1.29, 1.82) is 0 Å². The lowest BCUT2D eigenvalue weighted by molar-refractivity contribution is -0.140. The summed E-state index contributed by atoms with van der Waals surface area (Å²) >= 11 is 0. The van der Waals surface area contributed by atoms with E-state index in [-0.39, 0.29) is 5.92 Å². The fourth-order valence-corrected chi connectivity index (χ4v) is 2.54. The summed E-state index contributed by atoms with van der Waals surface area (Å²) in [5.41, 5.74) is 2.44. The van der Waals surface area contributed by atoms with Gasteiger partial charge in [-0.1, -0.05) is 0 Å². The number of nitrogens with zero attached hydrogens (tertiary/aromatic N) is 3. The van der Waals surface area contributed by atoms with E-state index >= 15 is 0 Å². The van der Waals surface area contributed by atoms with Gasteiger partial charge in [0.2, 0.25) is 5.88 Å². The minimum absolute atomic E-state index is 0.316. The lowest BCUT2D eigenvalue weighted by Gasteiger charge is -2.19. The molecule has 0 aromatic carbocycles. The first-order valence-electron chi connectivity index (χ1n) is 6.46. The molecule has 20 heavy (non-hydrogen) atoms. The summed E-state index contributed by atoms with van der Waals surface area (Å²) in [5, 5.41) is 9.10. The van der Waals surface area contributed by atoms with Gasteiger partial charge in [-0.2, -0.15) is 0 Å². The summed E-state index contributed by atoms with van der Waals surface area (Å²) in [6.07, 6.45) is 2.38. The minimum atomic E-state index is -0.739. The second-order valence-corrected chi connectivity index (χ2v) is 4.82. The first-order chi connectivity index (χ1) is 9.69. The van der Waals surface area contributed by atoms with E-state index in [1.165, 1.54) is 0 Å². The molecule has 1 saturated heterocycles. The van der Waals surface area contributed by atoms with Crippen LogP contribution in [0.3, 0.4) is 0 Å². The average molecular weight is 273 g/mol. The smallest absolute Gasteiger partial charge is 0.308 e. The van der Waals surface area contributed by atoms with E-state index in [9.17, 15) is 4.79 Å². The summed E-state index contributed by atoms with van der Waals surface area (Å²) < 4.78 is 5.15. The highest BCUT2D eigenvalue weighted by Crippen LogP contribution is 2.30. The van der Waals surface area contributed by atoms with Crippen molar-refractivity contribution in [2.75, 3.05) is 25.1 Å². The van der Waals surface area contributed by atoms with E-state index < -0.39 is 5.97 Å². The van der Waals surface area contributed by atoms with Crippen LogP contribution in [-0.2, 0) is 4.79 Å². The van der Waals surface area contributed by atoms with Crippen LogP contribution < -0.4 is 9.64 Å². The Morgan fingerprint density at radius 2 is 2.30 bits per heavy atom. The van der Waals surface area contributed by atoms with Gasteiger partial charge < -0.3 is 14.7 Å². The standard InChI is InChI=1S/C14H15N3O3/c1-20-12-3-2-10-13(16-12)11(4-6-15-10)17-7-5-9(8-17)14(18)19/h2-4,6,9H,5,7-8H2,1H3,(H,18,19). The van der Waals surface area contributed by atoms with Crippen molar-refractivity contribution in [3.8, 4) is 5.88 Å². The summed E-state index contributed by atoms with van der Waals surface area (Å²) in [6, 6.07) is 5.50. The Labute approximate surface area is 116 Å². The lowest BCUT2D eigenvalue weighted by Crippen LogP contribution is -2.23. The molecule has 1 fully saturated rings. The van der Waals surface area contributed by atoms with Crippen molar-refractivity contribution in [3.05, 3.63) is 24.4 Å². The minimum Gasteiger partial charge on any atom is -0.481 e. The highest BCUT2D eigenvalue weighted by atomic mass is 16.5. The Kier molecular flexibility index (Phi) is 3.14. The van der Waals surface area contributed by atoms with Crippen LogP contribution in [0.5, 0.6) is 5.88 Å². The molecule has 1 aliphatic rings. The van der Waals surface area contributed by atoms with Crippen LogP contribution in [0.2, 0.25) is 0 Å². The van der Waals surface area contributed by atoms with Crippen LogP contribution in [-0.4, -0.2) is 41.2 Å². The third-order valence-electron chi connectivity index (χ3n) is 3.62. The number of carbonyl (C=O) groups is 1. The van der Waals surface area contributed by atoms with Crippen LogP contribution in [0.1, 0.15) is 6.42 Å². The van der Waals surface area contributed by atoms with Crippen molar-refractivity contribution in [3.63, 3.8) is 0 Å². The van der Waals surface area contributed by atoms with E-state index in [1.807, 2.05) is 12.1 Å². The second-order valence-electron chi connectivity index (χ2n) is 4.82. The predicted octanol–water partition coefficient (Wildman–Crippen LogP) is 1.55. The largest absolute Gasteiger partial charge is 0.481 e. The number of methoxy groups -OCH3 is 1. The Morgan fingerprint density at radius 1 is 1.45 bits per heavy atom. The zero-order valence-electron chi connectivity index (χ0n) is 11.1. The molecule has 3 rings (SSSR count). The molecule has 1 aliphatic heterocycles. The number of aliphatic carboxylic acids is 1. The molecule has 0 bridgehead atoms. The topological polar surface area (TPSA) is 75.5 Å². The highest BCUT2D eigenvalue weighted by molar-refractivity contribution is 5.88. The Morgan fingerprint density at radius 3 is 3.00 bits per heavy atom. The number of carboxylic acid groups (broad SMARTS) is 1. The normalized spacial score (nSPS) is 18.4. The Bertz CT molecular complexity index is 659. The maximum absolute atomic E-state index is 11.1. The molecule has 0 aliphatic carbocycles. The van der Waals surface area contributed by atoms with Crippen LogP contribution in [0.25, 0.3) is 11.0 Å². The molecular formula is C14H15N3O3. The number of rotatable bonds is 3. The van der Waals surface area contributed by atoms with Gasteiger partial charge in [-0.3, -0.25) is 9.78 Å². The van der Waals surface area contributed by atoms with E-state index in [4.69, 9.17) is 9.84 Å². The van der Waals surface area contributed by atoms with Crippen molar-refractivity contribution in [2.45, 2.75) is 6.42 Å². The van der Waals surface area contributed by atoms with E-state index in [0.29, 0.717) is 18.8 Å². The van der Waals surface area contributed by atoms with Gasteiger partial charge in [-0.15, -0.1) is 0 Å². The molecule has 1 N–H and O–H groups in total. The van der Waals surface area contributed by atoms with E-state index in [1.54, 1.807) is 19.4 Å². The molecule has 3 heterocycles. The van der Waals surface area contributed by atoms with Gasteiger partial charge in [-0.25, -0.2) is 4.98 Å². The average Bonchev–Trinajstić information content (AvgIpc) is 2.96. The molecule has 0 saturated carbocycles. The molecule has 6 nitrogen and oxygen atoms in total. The van der Waals surface area contributed by atoms with Crippen LogP contribution in [0.15, 0.2) is 24.4 Å². The molecule has 2 aromatic rings. The zero-order chi connectivity index (χ0) is 14.1. The SMILES string of the molecule is COc1ccc2nccc(N3CCC(C(=O)O)C3)c2n1. The van der Waals surface area contributed by atoms with Crippen LogP contribution in [0.4, 0.5) is 5.69 Å². The number of ether oxygens (including phenoxy) is 1. The highest BCUT2D eigenvalue weighted by Gasteiger charge is 2.29. The Balaban J connectivity index is 2.01. The van der Waals surface area contributed by atoms with Crippen molar-refractivity contribution < 1.29 is 14.6 Å². The summed E-state index contributed by atoms with van der Waals surface area (Å²) in [7, 11) is 1.57. The summed E-state index contributed by atoms with van der Waals surface area (Å²) in [6.45, 7) is 1.22. The van der Waals surface area contributed by atoms with Gasteiger partial charge in [0.1, 0.15) is 5.52 Å². The first kappa shape index (κ1) is 12.7. The molecule has 1 unspecified atom stereocenters. The second kappa shape index (κ2) is 4.96. The molecule has 1 atom stereocenters. The van der Waals surface area contributed by atoms with Crippen molar-refractivity contribution >= 4 is 22.7 Å². The van der Waals surface area contributed by atoms with Crippen molar-refractivity contribution in [1.82, 2.24) is 9.97 Å².